The van der Waals surface area contributed by atoms with Gasteiger partial charge in [-0.15, -0.1) is 0 Å². The van der Waals surface area contributed by atoms with Gasteiger partial charge >= 0.3 is 0 Å². The van der Waals surface area contributed by atoms with Crippen LogP contribution >= 0.6 is 11.6 Å². The highest BCUT2D eigenvalue weighted by molar-refractivity contribution is 6.32. The number of rotatable bonds is 5. The highest BCUT2D eigenvalue weighted by Crippen LogP contribution is 2.29. The number of nitrogens with one attached hydrogen (secondary N) is 1. The summed E-state index contributed by atoms with van der Waals surface area (Å²) >= 11 is 5.98. The van der Waals surface area contributed by atoms with Crippen molar-refractivity contribution in [2.24, 2.45) is 0 Å². The molecule has 2 aromatic rings. The standard InChI is InChI=1S/C14H15ClN2O3/c1-3-20-8-13-16-11(7-14(18)17-13)9-4-5-10(15)12(6-9)19-2/h4-7H,3,8H2,1-2H3,(H,16,17,18). The molecule has 1 N–H and O–H groups in total. The van der Waals surface area contributed by atoms with Crippen LogP contribution in [0.1, 0.15) is 12.7 Å². The maximum atomic E-state index is 11.7. The molecule has 0 spiro atoms. The van der Waals surface area contributed by atoms with Gasteiger partial charge in [-0.2, -0.15) is 0 Å². The second-order valence-corrected chi connectivity index (χ2v) is 4.47. The summed E-state index contributed by atoms with van der Waals surface area (Å²) in [6.07, 6.45) is 0. The predicted octanol–water partition coefficient (Wildman–Crippen LogP) is 2.64. The third-order valence-electron chi connectivity index (χ3n) is 2.68. The van der Waals surface area contributed by atoms with Gasteiger partial charge in [-0.1, -0.05) is 17.7 Å². The minimum Gasteiger partial charge on any atom is -0.495 e. The zero-order chi connectivity index (χ0) is 14.5. The largest absolute Gasteiger partial charge is 0.495 e. The van der Waals surface area contributed by atoms with Gasteiger partial charge in [0.25, 0.3) is 5.56 Å². The molecule has 0 radical (unpaired) electrons. The molecular formula is C14H15ClN2O3. The smallest absolute Gasteiger partial charge is 0.251 e. The van der Waals surface area contributed by atoms with Crippen LogP contribution in [0.5, 0.6) is 5.75 Å². The second-order valence-electron chi connectivity index (χ2n) is 4.06. The lowest BCUT2D eigenvalue weighted by Gasteiger charge is -2.07. The lowest BCUT2D eigenvalue weighted by molar-refractivity contribution is 0.128. The topological polar surface area (TPSA) is 64.2 Å². The molecule has 0 amide bonds. The van der Waals surface area contributed by atoms with Crippen molar-refractivity contribution in [1.29, 1.82) is 0 Å². The average Bonchev–Trinajstić information content (AvgIpc) is 2.45. The highest BCUT2D eigenvalue weighted by atomic mass is 35.5. The van der Waals surface area contributed by atoms with Crippen molar-refractivity contribution < 1.29 is 9.47 Å². The van der Waals surface area contributed by atoms with Crippen LogP contribution in [-0.2, 0) is 11.3 Å². The van der Waals surface area contributed by atoms with Gasteiger partial charge in [0, 0.05) is 18.2 Å². The molecule has 0 aliphatic carbocycles. The number of hydrogen-bond acceptors (Lipinski definition) is 4. The van der Waals surface area contributed by atoms with E-state index >= 15 is 0 Å². The first kappa shape index (κ1) is 14.6. The van der Waals surface area contributed by atoms with E-state index < -0.39 is 0 Å². The number of H-pyrrole nitrogens is 1. The minimum atomic E-state index is -0.224. The van der Waals surface area contributed by atoms with Gasteiger partial charge in [-0.25, -0.2) is 4.98 Å². The minimum absolute atomic E-state index is 0.224. The van der Waals surface area contributed by atoms with Crippen LogP contribution in [0.25, 0.3) is 11.3 Å². The molecule has 0 saturated carbocycles. The number of methoxy groups -OCH3 is 1. The van der Waals surface area contributed by atoms with E-state index in [1.807, 2.05) is 6.92 Å². The van der Waals surface area contributed by atoms with E-state index in [2.05, 4.69) is 9.97 Å². The molecule has 0 aliphatic rings. The molecular weight excluding hydrogens is 280 g/mol. The number of aromatic nitrogens is 2. The fourth-order valence-electron chi connectivity index (χ4n) is 1.74. The molecule has 0 unspecified atom stereocenters. The van der Waals surface area contributed by atoms with Crippen LogP contribution in [-0.4, -0.2) is 23.7 Å². The average molecular weight is 295 g/mol. The van der Waals surface area contributed by atoms with E-state index in [0.717, 1.165) is 5.56 Å². The van der Waals surface area contributed by atoms with Crippen LogP contribution < -0.4 is 10.3 Å². The van der Waals surface area contributed by atoms with E-state index in [9.17, 15) is 4.79 Å². The van der Waals surface area contributed by atoms with Gasteiger partial charge in [-0.05, 0) is 19.1 Å². The van der Waals surface area contributed by atoms with Crippen molar-refractivity contribution >= 4 is 11.6 Å². The van der Waals surface area contributed by atoms with Crippen LogP contribution in [0.2, 0.25) is 5.02 Å². The molecule has 6 heteroatoms. The van der Waals surface area contributed by atoms with Crippen LogP contribution in [0, 0.1) is 0 Å². The number of halogens is 1. The third kappa shape index (κ3) is 3.37. The van der Waals surface area contributed by atoms with Crippen molar-refractivity contribution in [3.63, 3.8) is 0 Å². The molecule has 20 heavy (non-hydrogen) atoms. The highest BCUT2D eigenvalue weighted by Gasteiger charge is 2.08. The Balaban J connectivity index is 2.41. The summed E-state index contributed by atoms with van der Waals surface area (Å²) in [4.78, 5) is 18.7. The first-order chi connectivity index (χ1) is 9.63. The van der Waals surface area contributed by atoms with Crippen LogP contribution in [0.3, 0.4) is 0 Å². The molecule has 1 aromatic heterocycles. The van der Waals surface area contributed by atoms with Crippen molar-refractivity contribution in [2.75, 3.05) is 13.7 Å². The Morgan fingerprint density at radius 2 is 2.15 bits per heavy atom. The zero-order valence-corrected chi connectivity index (χ0v) is 12.0. The first-order valence-corrected chi connectivity index (χ1v) is 6.53. The second kappa shape index (κ2) is 6.54. The first-order valence-electron chi connectivity index (χ1n) is 6.16. The summed E-state index contributed by atoms with van der Waals surface area (Å²) in [5.41, 5.74) is 1.09. The summed E-state index contributed by atoms with van der Waals surface area (Å²) in [7, 11) is 1.54. The third-order valence-corrected chi connectivity index (χ3v) is 2.99. The van der Waals surface area contributed by atoms with Gasteiger partial charge < -0.3 is 14.5 Å². The number of nitrogens with zero attached hydrogens (tertiary/aromatic N) is 1. The lowest BCUT2D eigenvalue weighted by Crippen LogP contribution is -2.12. The van der Waals surface area contributed by atoms with E-state index in [1.165, 1.54) is 13.2 Å². The normalized spacial score (nSPS) is 10.6. The molecule has 0 atom stereocenters. The van der Waals surface area contributed by atoms with E-state index in [1.54, 1.807) is 18.2 Å². The van der Waals surface area contributed by atoms with E-state index in [0.29, 0.717) is 28.9 Å². The van der Waals surface area contributed by atoms with Gasteiger partial charge in [0.1, 0.15) is 18.2 Å². The van der Waals surface area contributed by atoms with E-state index in [-0.39, 0.29) is 12.2 Å². The Hall–Kier alpha value is -1.85. The van der Waals surface area contributed by atoms with Gasteiger partial charge in [0.15, 0.2) is 0 Å². The fraction of sp³-hybridized carbons (Fsp3) is 0.286. The molecule has 106 valence electrons. The number of hydrogen-bond donors (Lipinski definition) is 1. The summed E-state index contributed by atoms with van der Waals surface area (Å²) < 4.78 is 10.4. The van der Waals surface area contributed by atoms with Gasteiger partial charge in [0.05, 0.1) is 17.8 Å². The number of aromatic amines is 1. The van der Waals surface area contributed by atoms with Crippen molar-refractivity contribution in [3.8, 4) is 17.0 Å². The van der Waals surface area contributed by atoms with Crippen LogP contribution in [0.15, 0.2) is 29.1 Å². The quantitative estimate of drug-likeness (QED) is 0.921. The number of benzene rings is 1. The van der Waals surface area contributed by atoms with Gasteiger partial charge in [0.2, 0.25) is 0 Å². The molecule has 1 heterocycles. The van der Waals surface area contributed by atoms with E-state index in [4.69, 9.17) is 21.1 Å². The summed E-state index contributed by atoms with van der Waals surface area (Å²) in [5, 5.41) is 0.510. The summed E-state index contributed by atoms with van der Waals surface area (Å²) in [6.45, 7) is 2.71. The molecule has 5 nitrogen and oxygen atoms in total. The lowest BCUT2D eigenvalue weighted by atomic mass is 10.1. The predicted molar refractivity (Wildman–Crippen MR) is 77.2 cm³/mol. The molecule has 0 fully saturated rings. The zero-order valence-electron chi connectivity index (χ0n) is 11.3. The SMILES string of the molecule is CCOCc1nc(-c2ccc(Cl)c(OC)c2)cc(=O)[nH]1. The Morgan fingerprint density at radius 3 is 2.85 bits per heavy atom. The van der Waals surface area contributed by atoms with Crippen molar-refractivity contribution in [2.45, 2.75) is 13.5 Å². The maximum absolute atomic E-state index is 11.7. The molecule has 0 bridgehead atoms. The maximum Gasteiger partial charge on any atom is 0.251 e. The Labute approximate surface area is 121 Å². The molecule has 0 saturated heterocycles. The molecule has 2 rings (SSSR count). The Morgan fingerprint density at radius 1 is 1.35 bits per heavy atom. The number of ether oxygens (including phenoxy) is 2. The monoisotopic (exact) mass is 294 g/mol. The van der Waals surface area contributed by atoms with Crippen molar-refractivity contribution in [3.05, 3.63) is 45.5 Å². The molecule has 0 aliphatic heterocycles. The summed E-state index contributed by atoms with van der Waals surface area (Å²) in [5.74, 6) is 1.03. The van der Waals surface area contributed by atoms with Gasteiger partial charge in [-0.3, -0.25) is 4.79 Å². The summed E-state index contributed by atoms with van der Waals surface area (Å²) in [6, 6.07) is 6.67. The Bertz CT molecular complexity index is 655. The van der Waals surface area contributed by atoms with Crippen LogP contribution in [0.4, 0.5) is 0 Å². The molecule has 1 aromatic carbocycles. The Kier molecular flexibility index (Phi) is 4.76. The van der Waals surface area contributed by atoms with Crippen molar-refractivity contribution in [1.82, 2.24) is 9.97 Å². The fourth-order valence-corrected chi connectivity index (χ4v) is 1.94.